The average Bonchev–Trinajstić information content (AvgIpc) is 2.56. The molecule has 24 heavy (non-hydrogen) atoms. The predicted molar refractivity (Wildman–Crippen MR) is 85.7 cm³/mol. The van der Waals surface area contributed by atoms with Gasteiger partial charge in [-0.1, -0.05) is 12.1 Å². The zero-order valence-corrected chi connectivity index (χ0v) is 12.8. The molecule has 0 unspecified atom stereocenters. The molecule has 1 aromatic heterocycles. The summed E-state index contributed by atoms with van der Waals surface area (Å²) < 4.78 is 39.5. The number of benzene rings is 2. The van der Waals surface area contributed by atoms with Crippen molar-refractivity contribution in [2.24, 2.45) is 0 Å². The Morgan fingerprint density at radius 1 is 1.08 bits per heavy atom. The minimum atomic E-state index is -2.89. The van der Waals surface area contributed by atoms with Crippen LogP contribution >= 0.6 is 0 Å². The van der Waals surface area contributed by atoms with Gasteiger partial charge in [-0.15, -0.1) is 0 Å². The van der Waals surface area contributed by atoms with Crippen LogP contribution in [0, 0.1) is 0 Å². The molecule has 124 valence electrons. The molecule has 0 aliphatic rings. The average molecular weight is 332 g/mol. The molecule has 2 aromatic carbocycles. The van der Waals surface area contributed by atoms with Crippen molar-refractivity contribution in [3.63, 3.8) is 0 Å². The first-order valence-corrected chi connectivity index (χ1v) is 7.32. The lowest BCUT2D eigenvalue weighted by Crippen LogP contribution is -2.05. The molecule has 6 heteroatoms. The topological polar surface area (TPSA) is 48.7 Å². The van der Waals surface area contributed by atoms with E-state index in [9.17, 15) is 13.6 Å². The zero-order valence-electron chi connectivity index (χ0n) is 12.8. The van der Waals surface area contributed by atoms with Crippen molar-refractivity contribution in [1.29, 1.82) is 0 Å². The van der Waals surface area contributed by atoms with E-state index in [-0.39, 0.29) is 11.2 Å². The number of alkyl halides is 2. The Kier molecular flexibility index (Phi) is 4.46. The van der Waals surface area contributed by atoms with Gasteiger partial charge < -0.3 is 13.9 Å². The fraction of sp³-hybridized carbons (Fsp3) is 0.167. The summed E-state index contributed by atoms with van der Waals surface area (Å²) in [7, 11) is 0. The number of ether oxygens (including phenoxy) is 2. The maximum Gasteiger partial charge on any atom is 0.387 e. The molecule has 0 atom stereocenters. The van der Waals surface area contributed by atoms with Crippen LogP contribution in [0.2, 0.25) is 0 Å². The van der Waals surface area contributed by atoms with Gasteiger partial charge in [-0.3, -0.25) is 4.79 Å². The number of halogens is 2. The molecule has 1 heterocycles. The summed E-state index contributed by atoms with van der Waals surface area (Å²) in [5.41, 5.74) is 1.12. The number of rotatable bonds is 5. The van der Waals surface area contributed by atoms with Gasteiger partial charge in [0, 0.05) is 6.07 Å². The Balaban J connectivity index is 1.99. The molecule has 0 N–H and O–H groups in total. The van der Waals surface area contributed by atoms with E-state index in [4.69, 9.17) is 9.15 Å². The van der Waals surface area contributed by atoms with Crippen molar-refractivity contribution in [1.82, 2.24) is 0 Å². The van der Waals surface area contributed by atoms with E-state index in [0.29, 0.717) is 34.5 Å². The van der Waals surface area contributed by atoms with Gasteiger partial charge in [0.1, 0.15) is 23.3 Å². The minimum Gasteiger partial charge on any atom is -0.494 e. The highest BCUT2D eigenvalue weighted by atomic mass is 19.3. The monoisotopic (exact) mass is 332 g/mol. The van der Waals surface area contributed by atoms with Crippen LogP contribution in [-0.4, -0.2) is 13.2 Å². The normalized spacial score (nSPS) is 11.0. The molecular weight excluding hydrogens is 318 g/mol. The summed E-state index contributed by atoms with van der Waals surface area (Å²) in [4.78, 5) is 12.6. The van der Waals surface area contributed by atoms with Crippen LogP contribution in [0.5, 0.6) is 11.5 Å². The van der Waals surface area contributed by atoms with Crippen molar-refractivity contribution in [3.05, 3.63) is 59.0 Å². The fourth-order valence-corrected chi connectivity index (χ4v) is 2.38. The summed E-state index contributed by atoms with van der Waals surface area (Å²) >= 11 is 0. The van der Waals surface area contributed by atoms with Gasteiger partial charge in [0.2, 0.25) is 0 Å². The molecule has 3 aromatic rings. The van der Waals surface area contributed by atoms with Gasteiger partial charge in [-0.25, -0.2) is 0 Å². The van der Waals surface area contributed by atoms with Crippen molar-refractivity contribution >= 4 is 11.0 Å². The SMILES string of the molecule is CCOc1ccc2c(=O)c(-c3ccc(OC(F)F)cc3)coc2c1. The summed E-state index contributed by atoms with van der Waals surface area (Å²) in [5, 5.41) is 0.420. The first-order valence-electron chi connectivity index (χ1n) is 7.32. The molecule has 0 fully saturated rings. The van der Waals surface area contributed by atoms with E-state index >= 15 is 0 Å². The Labute approximate surface area is 136 Å². The molecule has 4 nitrogen and oxygen atoms in total. The molecule has 0 saturated carbocycles. The van der Waals surface area contributed by atoms with Gasteiger partial charge in [0.05, 0.1) is 17.6 Å². The third kappa shape index (κ3) is 3.22. The maximum atomic E-state index is 12.6. The van der Waals surface area contributed by atoms with E-state index in [2.05, 4.69) is 4.74 Å². The van der Waals surface area contributed by atoms with Crippen molar-refractivity contribution in [2.75, 3.05) is 6.61 Å². The largest absolute Gasteiger partial charge is 0.494 e. The highest BCUT2D eigenvalue weighted by Gasteiger charge is 2.11. The highest BCUT2D eigenvalue weighted by molar-refractivity contribution is 5.82. The quantitative estimate of drug-likeness (QED) is 0.692. The first kappa shape index (κ1) is 16.0. The molecule has 0 spiro atoms. The minimum absolute atomic E-state index is 0.0280. The lowest BCUT2D eigenvalue weighted by Gasteiger charge is -2.07. The van der Waals surface area contributed by atoms with Crippen LogP contribution in [0.3, 0.4) is 0 Å². The Hall–Kier alpha value is -2.89. The molecule has 0 radical (unpaired) electrons. The van der Waals surface area contributed by atoms with Gasteiger partial charge >= 0.3 is 6.61 Å². The van der Waals surface area contributed by atoms with Gasteiger partial charge in [0.15, 0.2) is 5.43 Å². The molecule has 0 aliphatic heterocycles. The second-order valence-electron chi connectivity index (χ2n) is 4.97. The molecule has 0 bridgehead atoms. The molecule has 3 rings (SSSR count). The summed E-state index contributed by atoms with van der Waals surface area (Å²) in [6, 6.07) is 10.8. The fourth-order valence-electron chi connectivity index (χ4n) is 2.38. The molecule has 0 saturated heterocycles. The summed E-state index contributed by atoms with van der Waals surface area (Å²) in [6.07, 6.45) is 1.35. The highest BCUT2D eigenvalue weighted by Crippen LogP contribution is 2.25. The zero-order chi connectivity index (χ0) is 17.1. The van der Waals surface area contributed by atoms with Crippen LogP contribution < -0.4 is 14.9 Å². The van der Waals surface area contributed by atoms with Gasteiger partial charge in [0.25, 0.3) is 0 Å². The number of hydrogen-bond donors (Lipinski definition) is 0. The summed E-state index contributed by atoms with van der Waals surface area (Å²) in [6.45, 7) is -0.507. The van der Waals surface area contributed by atoms with E-state index < -0.39 is 6.61 Å². The Morgan fingerprint density at radius 3 is 2.46 bits per heavy atom. The van der Waals surface area contributed by atoms with Crippen LogP contribution in [0.25, 0.3) is 22.1 Å². The van der Waals surface area contributed by atoms with Crippen LogP contribution in [-0.2, 0) is 0 Å². The molecule has 0 amide bonds. The second-order valence-corrected chi connectivity index (χ2v) is 4.97. The Bertz CT molecular complexity index is 901. The summed E-state index contributed by atoms with van der Waals surface area (Å²) in [5.74, 6) is 0.648. The molecular formula is C18H14F2O4. The third-order valence-corrected chi connectivity index (χ3v) is 3.45. The van der Waals surface area contributed by atoms with E-state index in [1.807, 2.05) is 6.92 Å². The van der Waals surface area contributed by atoms with Crippen LogP contribution in [0.1, 0.15) is 6.92 Å². The predicted octanol–water partition coefficient (Wildman–Crippen LogP) is 4.46. The standard InChI is InChI=1S/C18H14F2O4/c1-2-22-13-7-8-14-16(9-13)23-10-15(17(14)21)11-3-5-12(6-4-11)24-18(19)20/h3-10,18H,2H2,1H3. The number of hydrogen-bond acceptors (Lipinski definition) is 4. The van der Waals surface area contributed by atoms with Crippen molar-refractivity contribution in [2.45, 2.75) is 13.5 Å². The third-order valence-electron chi connectivity index (χ3n) is 3.45. The van der Waals surface area contributed by atoms with Crippen LogP contribution in [0.15, 0.2) is 57.9 Å². The van der Waals surface area contributed by atoms with E-state index in [1.54, 1.807) is 18.2 Å². The van der Waals surface area contributed by atoms with E-state index in [1.165, 1.54) is 30.5 Å². The van der Waals surface area contributed by atoms with E-state index in [0.717, 1.165) is 0 Å². The second kappa shape index (κ2) is 6.70. The lowest BCUT2D eigenvalue weighted by molar-refractivity contribution is -0.0498. The first-order chi connectivity index (χ1) is 11.6. The van der Waals surface area contributed by atoms with Gasteiger partial charge in [-0.2, -0.15) is 8.78 Å². The maximum absolute atomic E-state index is 12.6. The van der Waals surface area contributed by atoms with Crippen LogP contribution in [0.4, 0.5) is 8.78 Å². The van der Waals surface area contributed by atoms with Crippen molar-refractivity contribution < 1.29 is 22.7 Å². The van der Waals surface area contributed by atoms with Crippen molar-refractivity contribution in [3.8, 4) is 22.6 Å². The lowest BCUT2D eigenvalue weighted by atomic mass is 10.1. The smallest absolute Gasteiger partial charge is 0.387 e. The molecule has 0 aliphatic carbocycles. The van der Waals surface area contributed by atoms with Gasteiger partial charge in [-0.05, 0) is 36.8 Å². The Morgan fingerprint density at radius 2 is 1.79 bits per heavy atom. The number of fused-ring (bicyclic) bond motifs is 1.